The molecule has 26 heavy (non-hydrogen) atoms. The average molecular weight is 350 g/mol. The van der Waals surface area contributed by atoms with Gasteiger partial charge in [0.1, 0.15) is 17.8 Å². The Bertz CT molecular complexity index is 1160. The number of rotatable bonds is 3. The van der Waals surface area contributed by atoms with Crippen LogP contribution in [0.15, 0.2) is 24.5 Å². The van der Waals surface area contributed by atoms with Crippen LogP contribution in [0.4, 0.5) is 5.82 Å². The van der Waals surface area contributed by atoms with Gasteiger partial charge in [-0.25, -0.2) is 19.4 Å². The van der Waals surface area contributed by atoms with Gasteiger partial charge in [-0.2, -0.15) is 5.10 Å². The monoisotopic (exact) mass is 350 g/mol. The Morgan fingerprint density at radius 1 is 1.31 bits per heavy atom. The zero-order valence-electron chi connectivity index (χ0n) is 14.9. The van der Waals surface area contributed by atoms with E-state index in [0.717, 1.165) is 38.9 Å². The van der Waals surface area contributed by atoms with Gasteiger partial charge < -0.3 is 15.0 Å². The molecule has 8 nitrogen and oxygen atoms in total. The smallest absolute Gasteiger partial charge is 0.337 e. The molecule has 0 aliphatic rings. The number of esters is 1. The first-order chi connectivity index (χ1) is 12.5. The minimum absolute atomic E-state index is 0.366. The second kappa shape index (κ2) is 5.83. The molecule has 2 N–H and O–H groups in total. The van der Waals surface area contributed by atoms with Gasteiger partial charge in [0.2, 0.25) is 0 Å². The van der Waals surface area contributed by atoms with Gasteiger partial charge in [-0.3, -0.25) is 0 Å². The van der Waals surface area contributed by atoms with Gasteiger partial charge in [-0.15, -0.1) is 0 Å². The van der Waals surface area contributed by atoms with Crippen LogP contribution in [0.5, 0.6) is 0 Å². The lowest BCUT2D eigenvalue weighted by Gasteiger charge is -2.02. The summed E-state index contributed by atoms with van der Waals surface area (Å²) in [6.45, 7) is 2.02. The zero-order valence-corrected chi connectivity index (χ0v) is 14.9. The molecule has 3 aromatic heterocycles. The van der Waals surface area contributed by atoms with Crippen LogP contribution in [-0.4, -0.2) is 44.9 Å². The van der Waals surface area contributed by atoms with Crippen LogP contribution in [0, 0.1) is 6.92 Å². The van der Waals surface area contributed by atoms with Crippen molar-refractivity contribution in [3.8, 4) is 11.4 Å². The summed E-state index contributed by atoms with van der Waals surface area (Å²) in [6, 6.07) is 5.47. The Morgan fingerprint density at radius 3 is 2.85 bits per heavy atom. The van der Waals surface area contributed by atoms with Crippen LogP contribution >= 0.6 is 0 Å². The van der Waals surface area contributed by atoms with E-state index in [2.05, 4.69) is 25.4 Å². The molecule has 0 bridgehead atoms. The van der Waals surface area contributed by atoms with E-state index in [1.165, 1.54) is 13.4 Å². The van der Waals surface area contributed by atoms with Gasteiger partial charge in [0.15, 0.2) is 5.65 Å². The summed E-state index contributed by atoms with van der Waals surface area (Å²) in [5, 5.41) is 9.62. The largest absolute Gasteiger partial charge is 0.465 e. The molecular formula is C18H18N6O2. The maximum Gasteiger partial charge on any atom is 0.337 e. The van der Waals surface area contributed by atoms with E-state index in [-0.39, 0.29) is 5.97 Å². The van der Waals surface area contributed by atoms with Gasteiger partial charge >= 0.3 is 5.97 Å². The first-order valence-corrected chi connectivity index (χ1v) is 8.11. The molecule has 0 fully saturated rings. The third kappa shape index (κ3) is 2.22. The van der Waals surface area contributed by atoms with Crippen LogP contribution in [0.1, 0.15) is 15.9 Å². The van der Waals surface area contributed by atoms with Gasteiger partial charge in [0.05, 0.1) is 23.8 Å². The lowest BCUT2D eigenvalue weighted by molar-refractivity contribution is 0.0601. The van der Waals surface area contributed by atoms with Crippen LogP contribution in [0.25, 0.3) is 33.3 Å². The standard InChI is InChI=1S/C18H18N6O2/c1-9-11-6-5-10(18(25)26-4)7-12(11)22-14(9)15-13-16(19-2)20-8-21-17(13)24(3)23-15/h5-8,22H,1-4H3,(H,19,20,21). The summed E-state index contributed by atoms with van der Waals surface area (Å²) >= 11 is 0. The predicted molar refractivity (Wildman–Crippen MR) is 99.2 cm³/mol. The normalized spacial score (nSPS) is 11.2. The van der Waals surface area contributed by atoms with Crippen molar-refractivity contribution in [2.75, 3.05) is 19.5 Å². The lowest BCUT2D eigenvalue weighted by atomic mass is 10.1. The molecule has 0 radical (unpaired) electrons. The Kier molecular flexibility index (Phi) is 3.61. The Morgan fingerprint density at radius 2 is 2.12 bits per heavy atom. The minimum atomic E-state index is -0.366. The number of benzene rings is 1. The highest BCUT2D eigenvalue weighted by Crippen LogP contribution is 2.35. The summed E-state index contributed by atoms with van der Waals surface area (Å²) < 4.78 is 6.54. The van der Waals surface area contributed by atoms with Crippen molar-refractivity contribution < 1.29 is 9.53 Å². The molecule has 4 aromatic rings. The Balaban J connectivity index is 1.99. The van der Waals surface area contributed by atoms with Crippen molar-refractivity contribution in [3.63, 3.8) is 0 Å². The van der Waals surface area contributed by atoms with Crippen LogP contribution in [0.2, 0.25) is 0 Å². The number of fused-ring (bicyclic) bond motifs is 2. The van der Waals surface area contributed by atoms with E-state index >= 15 is 0 Å². The first-order valence-electron chi connectivity index (χ1n) is 8.11. The minimum Gasteiger partial charge on any atom is -0.465 e. The number of methoxy groups -OCH3 is 1. The van der Waals surface area contributed by atoms with E-state index in [4.69, 9.17) is 4.74 Å². The van der Waals surface area contributed by atoms with Crippen LogP contribution < -0.4 is 5.32 Å². The quantitative estimate of drug-likeness (QED) is 0.551. The fraction of sp³-hybridized carbons (Fsp3) is 0.222. The number of ether oxygens (including phenoxy) is 1. The number of aromatic nitrogens is 5. The van der Waals surface area contributed by atoms with E-state index in [1.54, 1.807) is 16.8 Å². The third-order valence-electron chi connectivity index (χ3n) is 4.57. The molecule has 3 heterocycles. The number of nitrogens with one attached hydrogen (secondary N) is 2. The lowest BCUT2D eigenvalue weighted by Crippen LogP contribution is -2.00. The van der Waals surface area contributed by atoms with Gasteiger partial charge in [0, 0.05) is 25.0 Å². The number of hydrogen-bond acceptors (Lipinski definition) is 6. The number of anilines is 1. The van der Waals surface area contributed by atoms with Crippen molar-refractivity contribution in [1.82, 2.24) is 24.7 Å². The third-order valence-corrected chi connectivity index (χ3v) is 4.57. The second-order valence-corrected chi connectivity index (χ2v) is 6.02. The molecular weight excluding hydrogens is 332 g/mol. The maximum absolute atomic E-state index is 11.8. The van der Waals surface area contributed by atoms with E-state index in [1.807, 2.05) is 27.1 Å². The molecule has 0 saturated heterocycles. The van der Waals surface area contributed by atoms with Gasteiger partial charge in [0.25, 0.3) is 0 Å². The molecule has 0 saturated carbocycles. The fourth-order valence-electron chi connectivity index (χ4n) is 3.27. The summed E-state index contributed by atoms with van der Waals surface area (Å²) in [5.41, 5.74) is 4.77. The molecule has 1 aromatic carbocycles. The fourth-order valence-corrected chi connectivity index (χ4v) is 3.27. The highest BCUT2D eigenvalue weighted by atomic mass is 16.5. The Hall–Kier alpha value is -3.42. The number of nitrogens with zero attached hydrogens (tertiary/aromatic N) is 4. The average Bonchev–Trinajstić information content (AvgIpc) is 3.18. The molecule has 0 aliphatic heterocycles. The zero-order chi connectivity index (χ0) is 18.4. The number of hydrogen-bond donors (Lipinski definition) is 2. The van der Waals surface area contributed by atoms with Gasteiger partial charge in [-0.05, 0) is 24.6 Å². The first kappa shape index (κ1) is 16.1. The van der Waals surface area contributed by atoms with Crippen molar-refractivity contribution >= 4 is 33.7 Å². The number of H-pyrrole nitrogens is 1. The van der Waals surface area contributed by atoms with Crippen LogP contribution in [-0.2, 0) is 11.8 Å². The molecule has 0 spiro atoms. The Labute approximate surface area is 149 Å². The SMILES string of the molecule is CNc1ncnc2c1c(-c1[nH]c3cc(C(=O)OC)ccc3c1C)nn2C. The molecule has 0 unspecified atom stereocenters. The number of aryl methyl sites for hydroxylation is 2. The van der Waals surface area contributed by atoms with Crippen LogP contribution in [0.3, 0.4) is 0 Å². The highest BCUT2D eigenvalue weighted by Gasteiger charge is 2.20. The van der Waals surface area contributed by atoms with Gasteiger partial charge in [-0.1, -0.05) is 6.07 Å². The second-order valence-electron chi connectivity index (χ2n) is 6.02. The number of aromatic amines is 1. The van der Waals surface area contributed by atoms with Crippen molar-refractivity contribution in [2.45, 2.75) is 6.92 Å². The van der Waals surface area contributed by atoms with Crippen molar-refractivity contribution in [2.24, 2.45) is 7.05 Å². The summed E-state index contributed by atoms with van der Waals surface area (Å²) in [4.78, 5) is 23.8. The summed E-state index contributed by atoms with van der Waals surface area (Å²) in [7, 11) is 5.04. The van der Waals surface area contributed by atoms with E-state index in [0.29, 0.717) is 11.4 Å². The highest BCUT2D eigenvalue weighted by molar-refractivity contribution is 6.03. The summed E-state index contributed by atoms with van der Waals surface area (Å²) in [6.07, 6.45) is 1.51. The number of carbonyl (C=O) groups is 1. The molecule has 0 amide bonds. The maximum atomic E-state index is 11.8. The van der Waals surface area contributed by atoms with E-state index in [9.17, 15) is 4.79 Å². The molecule has 8 heteroatoms. The number of carbonyl (C=O) groups excluding carboxylic acids is 1. The van der Waals surface area contributed by atoms with Crippen molar-refractivity contribution in [3.05, 3.63) is 35.7 Å². The molecule has 0 atom stereocenters. The van der Waals surface area contributed by atoms with E-state index < -0.39 is 0 Å². The molecule has 0 aliphatic carbocycles. The topological polar surface area (TPSA) is 97.7 Å². The molecule has 132 valence electrons. The predicted octanol–water partition coefficient (Wildman–Crippen LogP) is 2.65. The van der Waals surface area contributed by atoms with Crippen molar-refractivity contribution in [1.29, 1.82) is 0 Å². The summed E-state index contributed by atoms with van der Waals surface area (Å²) in [5.74, 6) is 0.348. The molecule has 4 rings (SSSR count).